The molecule has 0 aliphatic carbocycles. The highest BCUT2D eigenvalue weighted by Gasteiger charge is 2.20. The number of morpholine rings is 1. The Morgan fingerprint density at radius 3 is 2.67 bits per heavy atom. The van der Waals surface area contributed by atoms with Gasteiger partial charge in [-0.1, -0.05) is 24.3 Å². The summed E-state index contributed by atoms with van der Waals surface area (Å²) in [4.78, 5) is 14.0. The number of rotatable bonds is 3. The lowest BCUT2D eigenvalue weighted by atomic mass is 10.1. The molecule has 2 aromatic rings. The van der Waals surface area contributed by atoms with Crippen molar-refractivity contribution in [1.29, 1.82) is 5.26 Å². The van der Waals surface area contributed by atoms with Gasteiger partial charge in [-0.2, -0.15) is 5.26 Å². The first-order chi connectivity index (χ1) is 11.7. The van der Waals surface area contributed by atoms with Crippen LogP contribution in [0.15, 0.2) is 48.2 Å². The molecule has 0 atom stereocenters. The first kappa shape index (κ1) is 15.8. The number of carbonyl (C=O) groups excluding carboxylic acids is 1. The van der Waals surface area contributed by atoms with Crippen molar-refractivity contribution >= 4 is 22.4 Å². The molecule has 3 rings (SSSR count). The molecule has 1 aliphatic rings. The van der Waals surface area contributed by atoms with E-state index < -0.39 is 0 Å². The second-order valence-electron chi connectivity index (χ2n) is 5.40. The van der Waals surface area contributed by atoms with Gasteiger partial charge < -0.3 is 20.1 Å². The van der Waals surface area contributed by atoms with Gasteiger partial charge in [0.05, 0.1) is 13.2 Å². The Morgan fingerprint density at radius 2 is 1.92 bits per heavy atom. The summed E-state index contributed by atoms with van der Waals surface area (Å²) in [7, 11) is 0. The van der Waals surface area contributed by atoms with Crippen molar-refractivity contribution < 1.29 is 14.6 Å². The van der Waals surface area contributed by atoms with E-state index in [1.165, 1.54) is 6.20 Å². The monoisotopic (exact) mass is 323 g/mol. The third-order valence-corrected chi connectivity index (χ3v) is 3.92. The Bertz CT molecular complexity index is 833. The number of nitriles is 1. The molecule has 0 aromatic heterocycles. The predicted octanol–water partition coefficient (Wildman–Crippen LogP) is 2.22. The van der Waals surface area contributed by atoms with Crippen molar-refractivity contribution in [3.63, 3.8) is 0 Å². The molecule has 0 spiro atoms. The van der Waals surface area contributed by atoms with Gasteiger partial charge in [0.25, 0.3) is 5.91 Å². The number of nitrogens with one attached hydrogen (secondary N) is 1. The maximum atomic E-state index is 12.4. The fourth-order valence-corrected chi connectivity index (χ4v) is 2.65. The minimum atomic E-state index is -0.309. The van der Waals surface area contributed by atoms with E-state index in [0.717, 1.165) is 5.39 Å². The summed E-state index contributed by atoms with van der Waals surface area (Å²) in [5.41, 5.74) is 0.750. The summed E-state index contributed by atoms with van der Waals surface area (Å²) in [6.45, 7) is 1.95. The summed E-state index contributed by atoms with van der Waals surface area (Å²) in [5, 5.41) is 23.7. The standard InChI is InChI=1S/C18H17N3O3/c19-11-13(18(23)21-7-9-24-10-8-21)12-20-16-5-1-4-15-14(16)3-2-6-17(15)22/h1-6,12,20,22H,7-10H2/b13-12-. The first-order valence-corrected chi connectivity index (χ1v) is 7.65. The van der Waals surface area contributed by atoms with Crippen molar-refractivity contribution in [3.8, 4) is 11.8 Å². The second kappa shape index (κ2) is 7.02. The van der Waals surface area contributed by atoms with Gasteiger partial charge in [-0.05, 0) is 12.1 Å². The number of fused-ring (bicyclic) bond motifs is 1. The van der Waals surface area contributed by atoms with Gasteiger partial charge in [-0.25, -0.2) is 0 Å². The zero-order valence-electron chi connectivity index (χ0n) is 13.0. The van der Waals surface area contributed by atoms with Gasteiger partial charge in [0.1, 0.15) is 17.4 Å². The molecule has 6 nitrogen and oxygen atoms in total. The highest BCUT2D eigenvalue weighted by atomic mass is 16.5. The van der Waals surface area contributed by atoms with Crippen LogP contribution in [0, 0.1) is 11.3 Å². The van der Waals surface area contributed by atoms with Crippen LogP contribution in [0.2, 0.25) is 0 Å². The highest BCUT2D eigenvalue weighted by molar-refractivity contribution is 6.00. The molecule has 122 valence electrons. The van der Waals surface area contributed by atoms with E-state index in [1.807, 2.05) is 24.3 Å². The molecule has 2 aromatic carbocycles. The number of carbonyl (C=O) groups is 1. The molecular formula is C18H17N3O3. The average molecular weight is 323 g/mol. The smallest absolute Gasteiger partial charge is 0.266 e. The highest BCUT2D eigenvalue weighted by Crippen LogP contribution is 2.29. The van der Waals surface area contributed by atoms with Crippen LogP contribution in [0.3, 0.4) is 0 Å². The SMILES string of the molecule is N#C/C(=C/Nc1cccc2c(O)cccc12)C(=O)N1CCOCC1. The van der Waals surface area contributed by atoms with Crippen LogP contribution in [0.4, 0.5) is 5.69 Å². The lowest BCUT2D eigenvalue weighted by Gasteiger charge is -2.26. The molecular weight excluding hydrogens is 306 g/mol. The lowest BCUT2D eigenvalue weighted by molar-refractivity contribution is -0.130. The Balaban J connectivity index is 1.85. The zero-order chi connectivity index (χ0) is 16.9. The molecule has 2 N–H and O–H groups in total. The number of hydrogen-bond donors (Lipinski definition) is 2. The van der Waals surface area contributed by atoms with Crippen molar-refractivity contribution in [3.05, 3.63) is 48.2 Å². The third kappa shape index (κ3) is 3.16. The molecule has 0 bridgehead atoms. The number of benzene rings is 2. The van der Waals surface area contributed by atoms with Gasteiger partial charge >= 0.3 is 0 Å². The number of aromatic hydroxyl groups is 1. The predicted molar refractivity (Wildman–Crippen MR) is 90.3 cm³/mol. The molecule has 1 heterocycles. The number of hydrogen-bond acceptors (Lipinski definition) is 5. The summed E-state index contributed by atoms with van der Waals surface area (Å²) in [6, 6.07) is 12.6. The van der Waals surface area contributed by atoms with E-state index in [4.69, 9.17) is 4.74 Å². The van der Waals surface area contributed by atoms with Gasteiger partial charge in [0.2, 0.25) is 0 Å². The van der Waals surface area contributed by atoms with E-state index in [-0.39, 0.29) is 17.2 Å². The Morgan fingerprint density at radius 1 is 1.21 bits per heavy atom. The van der Waals surface area contributed by atoms with Crippen LogP contribution in [-0.2, 0) is 9.53 Å². The van der Waals surface area contributed by atoms with Crippen LogP contribution < -0.4 is 5.32 Å². The van der Waals surface area contributed by atoms with E-state index in [1.54, 1.807) is 23.1 Å². The van der Waals surface area contributed by atoms with Crippen molar-refractivity contribution in [2.24, 2.45) is 0 Å². The fraction of sp³-hybridized carbons (Fsp3) is 0.222. The summed E-state index contributed by atoms with van der Waals surface area (Å²) < 4.78 is 5.22. The van der Waals surface area contributed by atoms with E-state index in [9.17, 15) is 15.2 Å². The third-order valence-electron chi connectivity index (χ3n) is 3.92. The molecule has 1 amide bonds. The normalized spacial score (nSPS) is 15.1. The number of nitrogens with zero attached hydrogens (tertiary/aromatic N) is 2. The van der Waals surface area contributed by atoms with E-state index >= 15 is 0 Å². The quantitative estimate of drug-likeness (QED) is 0.668. The van der Waals surface area contributed by atoms with Crippen molar-refractivity contribution in [2.45, 2.75) is 0 Å². The van der Waals surface area contributed by atoms with Crippen molar-refractivity contribution in [1.82, 2.24) is 4.90 Å². The number of phenolic OH excluding ortho intramolecular Hbond substituents is 1. The minimum absolute atomic E-state index is 0.0362. The number of ether oxygens (including phenoxy) is 1. The Hall–Kier alpha value is -3.04. The molecule has 1 fully saturated rings. The summed E-state index contributed by atoms with van der Waals surface area (Å²) >= 11 is 0. The zero-order valence-corrected chi connectivity index (χ0v) is 13.0. The number of phenols is 1. The molecule has 0 unspecified atom stereocenters. The van der Waals surface area contributed by atoms with E-state index in [0.29, 0.717) is 37.4 Å². The van der Waals surface area contributed by atoms with E-state index in [2.05, 4.69) is 5.32 Å². The average Bonchev–Trinajstić information content (AvgIpc) is 2.63. The molecule has 0 saturated carbocycles. The van der Waals surface area contributed by atoms with Crippen LogP contribution in [-0.4, -0.2) is 42.2 Å². The van der Waals surface area contributed by atoms with Gasteiger partial charge in [-0.3, -0.25) is 4.79 Å². The maximum absolute atomic E-state index is 12.4. The van der Waals surface area contributed by atoms with Crippen LogP contribution in [0.25, 0.3) is 10.8 Å². The summed E-state index contributed by atoms with van der Waals surface area (Å²) in [5.74, 6) is -0.124. The topological polar surface area (TPSA) is 85.6 Å². The van der Waals surface area contributed by atoms with Gasteiger partial charge in [-0.15, -0.1) is 0 Å². The van der Waals surface area contributed by atoms with Gasteiger partial charge in [0.15, 0.2) is 0 Å². The Kier molecular flexibility index (Phi) is 4.64. The van der Waals surface area contributed by atoms with Crippen LogP contribution >= 0.6 is 0 Å². The molecule has 0 radical (unpaired) electrons. The lowest BCUT2D eigenvalue weighted by Crippen LogP contribution is -2.41. The number of anilines is 1. The van der Waals surface area contributed by atoms with Gasteiger partial charge in [0, 0.05) is 35.7 Å². The number of amides is 1. The largest absolute Gasteiger partial charge is 0.507 e. The van der Waals surface area contributed by atoms with Crippen LogP contribution in [0.1, 0.15) is 0 Å². The Labute approximate surface area is 139 Å². The molecule has 1 saturated heterocycles. The molecule has 6 heteroatoms. The minimum Gasteiger partial charge on any atom is -0.507 e. The molecule has 24 heavy (non-hydrogen) atoms. The summed E-state index contributed by atoms with van der Waals surface area (Å²) in [6.07, 6.45) is 1.41. The first-order valence-electron chi connectivity index (χ1n) is 7.65. The fourth-order valence-electron chi connectivity index (χ4n) is 2.65. The molecule has 1 aliphatic heterocycles. The van der Waals surface area contributed by atoms with Crippen LogP contribution in [0.5, 0.6) is 5.75 Å². The van der Waals surface area contributed by atoms with Crippen molar-refractivity contribution in [2.75, 3.05) is 31.6 Å². The maximum Gasteiger partial charge on any atom is 0.266 e. The second-order valence-corrected chi connectivity index (χ2v) is 5.40.